The van der Waals surface area contributed by atoms with Gasteiger partial charge < -0.3 is 9.13 Å². The van der Waals surface area contributed by atoms with Gasteiger partial charge in [0.2, 0.25) is 0 Å². The number of aromatic nitrogens is 2. The number of halogens is 1. The molecular formula is C23H18ClN3O. The lowest BCUT2D eigenvalue weighted by molar-refractivity contribution is 0.784. The van der Waals surface area contributed by atoms with Gasteiger partial charge in [0.05, 0.1) is 12.5 Å². The second-order valence-electron chi connectivity index (χ2n) is 6.72. The first kappa shape index (κ1) is 18.1. The van der Waals surface area contributed by atoms with E-state index < -0.39 is 0 Å². The molecule has 0 aliphatic rings. The minimum absolute atomic E-state index is 0.0982. The van der Waals surface area contributed by atoms with Gasteiger partial charge in [-0.2, -0.15) is 5.26 Å². The summed E-state index contributed by atoms with van der Waals surface area (Å²) >= 11 is 6.06. The number of hydrogen-bond donors (Lipinski definition) is 0. The molecule has 4 aromatic rings. The van der Waals surface area contributed by atoms with Crippen LogP contribution in [0, 0.1) is 11.3 Å². The van der Waals surface area contributed by atoms with Crippen molar-refractivity contribution >= 4 is 22.5 Å². The van der Waals surface area contributed by atoms with Crippen LogP contribution in [0.15, 0.2) is 71.7 Å². The zero-order chi connectivity index (χ0) is 19.7. The van der Waals surface area contributed by atoms with Gasteiger partial charge in [-0.1, -0.05) is 54.1 Å². The Kier molecular flexibility index (Phi) is 4.77. The molecule has 0 spiro atoms. The maximum Gasteiger partial charge on any atom is 0.275 e. The molecular weight excluding hydrogens is 370 g/mol. The minimum atomic E-state index is -0.0982. The summed E-state index contributed by atoms with van der Waals surface area (Å²) in [6.45, 7) is 0.608. The number of rotatable bonds is 4. The molecule has 2 heterocycles. The predicted molar refractivity (Wildman–Crippen MR) is 112 cm³/mol. The highest BCUT2D eigenvalue weighted by molar-refractivity contribution is 6.30. The number of nitriles is 1. The average molecular weight is 388 g/mol. The first-order chi connectivity index (χ1) is 13.6. The van der Waals surface area contributed by atoms with Crippen LogP contribution < -0.4 is 5.56 Å². The first-order valence-electron chi connectivity index (χ1n) is 8.97. The molecule has 0 saturated carbocycles. The fraction of sp³-hybridized carbons (Fsp3) is 0.130. The minimum Gasteiger partial charge on any atom is -0.339 e. The van der Waals surface area contributed by atoms with Crippen molar-refractivity contribution in [2.24, 2.45) is 7.05 Å². The van der Waals surface area contributed by atoms with Crippen LogP contribution in [0.1, 0.15) is 11.3 Å². The van der Waals surface area contributed by atoms with Crippen molar-refractivity contribution in [2.45, 2.75) is 13.0 Å². The summed E-state index contributed by atoms with van der Waals surface area (Å²) < 4.78 is 3.57. The average Bonchev–Trinajstić information content (AvgIpc) is 3.11. The smallest absolute Gasteiger partial charge is 0.275 e. The van der Waals surface area contributed by atoms with Crippen molar-refractivity contribution in [3.8, 4) is 17.2 Å². The number of nitrogens with zero attached hydrogens (tertiary/aromatic N) is 3. The molecule has 2 aromatic heterocycles. The largest absolute Gasteiger partial charge is 0.339 e. The Balaban J connectivity index is 2.00. The quantitative estimate of drug-likeness (QED) is 0.506. The topological polar surface area (TPSA) is 50.7 Å². The maximum absolute atomic E-state index is 13.1. The van der Waals surface area contributed by atoms with Crippen LogP contribution in [0.25, 0.3) is 22.0 Å². The van der Waals surface area contributed by atoms with E-state index in [1.807, 2.05) is 71.4 Å². The van der Waals surface area contributed by atoms with Gasteiger partial charge in [0.15, 0.2) is 0 Å². The fourth-order valence-corrected chi connectivity index (χ4v) is 3.78. The van der Waals surface area contributed by atoms with Gasteiger partial charge in [-0.25, -0.2) is 0 Å². The van der Waals surface area contributed by atoms with Gasteiger partial charge in [-0.05, 0) is 29.3 Å². The third kappa shape index (κ3) is 3.11. The van der Waals surface area contributed by atoms with E-state index in [1.54, 1.807) is 11.6 Å². The third-order valence-corrected chi connectivity index (χ3v) is 5.26. The zero-order valence-corrected chi connectivity index (χ0v) is 16.1. The van der Waals surface area contributed by atoms with E-state index in [0.29, 0.717) is 22.8 Å². The molecule has 0 radical (unpaired) electrons. The van der Waals surface area contributed by atoms with Crippen molar-refractivity contribution in [3.05, 3.63) is 93.5 Å². The second-order valence-corrected chi connectivity index (χ2v) is 7.16. The highest BCUT2D eigenvalue weighted by atomic mass is 35.5. The summed E-state index contributed by atoms with van der Waals surface area (Å²) in [6, 6.07) is 21.7. The summed E-state index contributed by atoms with van der Waals surface area (Å²) in [5, 5.41) is 10.8. The molecule has 0 amide bonds. The molecule has 0 saturated heterocycles. The van der Waals surface area contributed by atoms with E-state index in [4.69, 9.17) is 11.6 Å². The third-order valence-electron chi connectivity index (χ3n) is 5.01. The zero-order valence-electron chi connectivity index (χ0n) is 15.4. The van der Waals surface area contributed by atoms with Crippen LogP contribution in [0.3, 0.4) is 0 Å². The molecule has 0 fully saturated rings. The van der Waals surface area contributed by atoms with Crippen molar-refractivity contribution in [1.82, 2.24) is 9.13 Å². The van der Waals surface area contributed by atoms with Crippen LogP contribution in [0.4, 0.5) is 0 Å². The summed E-state index contributed by atoms with van der Waals surface area (Å²) in [4.78, 5) is 13.1. The molecule has 4 nitrogen and oxygen atoms in total. The lowest BCUT2D eigenvalue weighted by Crippen LogP contribution is -2.23. The van der Waals surface area contributed by atoms with E-state index in [9.17, 15) is 10.1 Å². The second kappa shape index (κ2) is 7.38. The van der Waals surface area contributed by atoms with E-state index >= 15 is 0 Å². The molecule has 0 aliphatic carbocycles. The number of fused-ring (bicyclic) bond motifs is 1. The van der Waals surface area contributed by atoms with Gasteiger partial charge in [-0.15, -0.1) is 0 Å². The van der Waals surface area contributed by atoms with Crippen LogP contribution in [0.2, 0.25) is 5.02 Å². The molecule has 0 N–H and O–H groups in total. The normalized spacial score (nSPS) is 10.9. The summed E-state index contributed by atoms with van der Waals surface area (Å²) in [5.74, 6) is 0. The van der Waals surface area contributed by atoms with Gasteiger partial charge in [-0.3, -0.25) is 4.79 Å². The SMILES string of the molecule is Cn1c(CC#N)c(-c2ccc(Cl)cc2)c2ccn(Cc3ccccc3)c2c1=O. The van der Waals surface area contributed by atoms with Gasteiger partial charge >= 0.3 is 0 Å². The van der Waals surface area contributed by atoms with E-state index in [1.165, 1.54) is 0 Å². The fourth-order valence-electron chi connectivity index (χ4n) is 3.65. The molecule has 4 rings (SSSR count). The monoisotopic (exact) mass is 387 g/mol. The van der Waals surface area contributed by atoms with Crippen molar-refractivity contribution < 1.29 is 0 Å². The molecule has 0 bridgehead atoms. The molecule has 2 aromatic carbocycles. The predicted octanol–water partition coefficient (Wildman–Crippen LogP) is 4.77. The van der Waals surface area contributed by atoms with E-state index in [-0.39, 0.29) is 12.0 Å². The highest BCUT2D eigenvalue weighted by Crippen LogP contribution is 2.32. The van der Waals surface area contributed by atoms with Crippen molar-refractivity contribution in [3.63, 3.8) is 0 Å². The number of pyridine rings is 1. The molecule has 0 unspecified atom stereocenters. The van der Waals surface area contributed by atoms with Gasteiger partial charge in [0, 0.05) is 41.5 Å². The molecule has 5 heteroatoms. The summed E-state index contributed by atoms with van der Waals surface area (Å²) in [6.07, 6.45) is 2.10. The number of benzene rings is 2. The Morgan fingerprint density at radius 3 is 2.43 bits per heavy atom. The molecule has 0 atom stereocenters. The Morgan fingerprint density at radius 2 is 1.75 bits per heavy atom. The van der Waals surface area contributed by atoms with Crippen LogP contribution in [-0.4, -0.2) is 9.13 Å². The summed E-state index contributed by atoms with van der Waals surface area (Å²) in [5.41, 5.74) is 4.21. The van der Waals surface area contributed by atoms with E-state index in [0.717, 1.165) is 22.1 Å². The molecule has 0 aliphatic heterocycles. The standard InChI is InChI=1S/C23H18ClN3O/c1-26-20(11-13-25)21(17-7-9-18(24)10-8-17)19-12-14-27(22(19)23(26)28)15-16-5-3-2-4-6-16/h2-10,12,14H,11,15H2,1H3. The molecule has 138 valence electrons. The Hall–Kier alpha value is -3.29. The lowest BCUT2D eigenvalue weighted by atomic mass is 9.98. The van der Waals surface area contributed by atoms with Crippen LogP contribution in [0.5, 0.6) is 0 Å². The van der Waals surface area contributed by atoms with E-state index in [2.05, 4.69) is 6.07 Å². The lowest BCUT2D eigenvalue weighted by Gasteiger charge is -2.15. The Morgan fingerprint density at radius 1 is 1.04 bits per heavy atom. The highest BCUT2D eigenvalue weighted by Gasteiger charge is 2.19. The Bertz CT molecular complexity index is 1250. The van der Waals surface area contributed by atoms with Crippen LogP contribution in [-0.2, 0) is 20.0 Å². The summed E-state index contributed by atoms with van der Waals surface area (Å²) in [7, 11) is 1.73. The first-order valence-corrected chi connectivity index (χ1v) is 9.35. The molecule has 28 heavy (non-hydrogen) atoms. The number of hydrogen-bond acceptors (Lipinski definition) is 2. The Labute approximate surface area is 167 Å². The van der Waals surface area contributed by atoms with Crippen molar-refractivity contribution in [2.75, 3.05) is 0 Å². The van der Waals surface area contributed by atoms with Crippen molar-refractivity contribution in [1.29, 1.82) is 5.26 Å². The van der Waals surface area contributed by atoms with Crippen LogP contribution >= 0.6 is 11.6 Å². The van der Waals surface area contributed by atoms with Gasteiger partial charge in [0.1, 0.15) is 5.52 Å². The maximum atomic E-state index is 13.1. The van der Waals surface area contributed by atoms with Gasteiger partial charge in [0.25, 0.3) is 5.56 Å².